The summed E-state index contributed by atoms with van der Waals surface area (Å²) >= 11 is 0. The monoisotopic (exact) mass is 356 g/mol. The number of Topliss-reactive ketones (excluding diaryl/α,β-unsaturated/α-hetero) is 1. The Morgan fingerprint density at radius 1 is 1.08 bits per heavy atom. The van der Waals surface area contributed by atoms with Gasteiger partial charge in [0.05, 0.1) is 6.42 Å². The quantitative estimate of drug-likeness (QED) is 0.493. The zero-order chi connectivity index (χ0) is 19.0. The number of allylic oxidation sites excluding steroid dienone is 2. The number of hydrogen-bond donors (Lipinski definition) is 4. The van der Waals surface area contributed by atoms with Crippen molar-refractivity contribution in [2.24, 2.45) is 0 Å². The lowest BCUT2D eigenvalue weighted by molar-refractivity contribution is 0.0840. The Morgan fingerprint density at radius 3 is 2.35 bits per heavy atom. The summed E-state index contributed by atoms with van der Waals surface area (Å²) in [6.45, 7) is 3.77. The molecule has 0 aromatic heterocycles. The number of carbonyl (C=O) groups excluding carboxylic acids is 1. The number of aromatic hydroxyl groups is 4. The predicted octanol–water partition coefficient (Wildman–Crippen LogP) is 3.72. The Labute approximate surface area is 150 Å². The van der Waals surface area contributed by atoms with E-state index in [1.54, 1.807) is 12.1 Å². The lowest BCUT2D eigenvalue weighted by Gasteiger charge is -2.28. The molecule has 0 radical (unpaired) electrons. The first-order valence-electron chi connectivity index (χ1n) is 8.21. The van der Waals surface area contributed by atoms with Crippen molar-refractivity contribution in [3.8, 4) is 28.7 Å². The zero-order valence-electron chi connectivity index (χ0n) is 14.5. The summed E-state index contributed by atoms with van der Waals surface area (Å²) < 4.78 is 5.95. The number of ether oxygens (including phenoxy) is 1. The van der Waals surface area contributed by atoms with Crippen LogP contribution in [0.25, 0.3) is 0 Å². The summed E-state index contributed by atoms with van der Waals surface area (Å²) in [5.74, 6) is -2.12. The van der Waals surface area contributed by atoms with Crippen molar-refractivity contribution in [1.82, 2.24) is 0 Å². The first-order valence-corrected chi connectivity index (χ1v) is 8.21. The number of benzene rings is 2. The van der Waals surface area contributed by atoms with Crippen molar-refractivity contribution in [3.63, 3.8) is 0 Å². The Morgan fingerprint density at radius 2 is 1.73 bits per heavy atom. The SMILES string of the molecule is CC(C)=CCc1c(O)c(O)c(O)c2c1OC(c1ccc(O)cc1)CC2=O. The van der Waals surface area contributed by atoms with Crippen LogP contribution in [-0.4, -0.2) is 26.2 Å². The first kappa shape index (κ1) is 17.7. The Hall–Kier alpha value is -3.15. The second-order valence-electron chi connectivity index (χ2n) is 6.54. The molecule has 1 aliphatic rings. The molecular formula is C20H20O6. The topological polar surface area (TPSA) is 107 Å². The van der Waals surface area contributed by atoms with Crippen molar-refractivity contribution in [2.45, 2.75) is 32.8 Å². The minimum Gasteiger partial charge on any atom is -0.508 e. The van der Waals surface area contributed by atoms with E-state index in [0.29, 0.717) is 5.56 Å². The van der Waals surface area contributed by atoms with Gasteiger partial charge in [-0.3, -0.25) is 4.79 Å². The lowest BCUT2D eigenvalue weighted by Crippen LogP contribution is -2.21. The largest absolute Gasteiger partial charge is 0.508 e. The first-order chi connectivity index (χ1) is 12.3. The third-order valence-electron chi connectivity index (χ3n) is 4.36. The third kappa shape index (κ3) is 3.06. The molecule has 0 aliphatic carbocycles. The van der Waals surface area contributed by atoms with E-state index in [9.17, 15) is 25.2 Å². The molecule has 26 heavy (non-hydrogen) atoms. The number of ketones is 1. The number of carbonyl (C=O) groups is 1. The molecule has 1 atom stereocenters. The summed E-state index contributed by atoms with van der Waals surface area (Å²) in [6.07, 6.45) is 1.41. The Bertz CT molecular complexity index is 892. The van der Waals surface area contributed by atoms with Crippen LogP contribution < -0.4 is 4.74 Å². The molecule has 136 valence electrons. The van der Waals surface area contributed by atoms with Gasteiger partial charge in [0.2, 0.25) is 5.75 Å². The number of hydrogen-bond acceptors (Lipinski definition) is 6. The number of rotatable bonds is 3. The van der Waals surface area contributed by atoms with Gasteiger partial charge in [-0.1, -0.05) is 23.8 Å². The molecule has 0 bridgehead atoms. The van der Waals surface area contributed by atoms with Crippen LogP contribution in [0.1, 0.15) is 47.9 Å². The highest BCUT2D eigenvalue weighted by molar-refractivity contribution is 6.04. The maximum absolute atomic E-state index is 12.6. The van der Waals surface area contributed by atoms with Gasteiger partial charge in [-0.15, -0.1) is 0 Å². The highest BCUT2D eigenvalue weighted by atomic mass is 16.5. The van der Waals surface area contributed by atoms with Crippen molar-refractivity contribution < 1.29 is 30.0 Å². The van der Waals surface area contributed by atoms with Gasteiger partial charge in [0.1, 0.15) is 23.2 Å². The van der Waals surface area contributed by atoms with Gasteiger partial charge in [0, 0.05) is 5.56 Å². The normalized spacial score (nSPS) is 15.9. The van der Waals surface area contributed by atoms with Crippen LogP contribution in [0.4, 0.5) is 0 Å². The van der Waals surface area contributed by atoms with Gasteiger partial charge in [0.25, 0.3) is 0 Å². The predicted molar refractivity (Wildman–Crippen MR) is 95.0 cm³/mol. The van der Waals surface area contributed by atoms with Crippen LogP contribution in [0.15, 0.2) is 35.9 Å². The van der Waals surface area contributed by atoms with Crippen LogP contribution in [-0.2, 0) is 6.42 Å². The van der Waals surface area contributed by atoms with Crippen LogP contribution in [0, 0.1) is 0 Å². The molecule has 6 heteroatoms. The van der Waals surface area contributed by atoms with Gasteiger partial charge >= 0.3 is 0 Å². The average Bonchev–Trinajstić information content (AvgIpc) is 2.59. The van der Waals surface area contributed by atoms with E-state index in [-0.39, 0.29) is 35.5 Å². The molecular weight excluding hydrogens is 336 g/mol. The minimum absolute atomic E-state index is 0.0301. The van der Waals surface area contributed by atoms with E-state index < -0.39 is 29.1 Å². The molecule has 3 rings (SSSR count). The molecule has 2 aromatic rings. The molecule has 0 fully saturated rings. The number of fused-ring (bicyclic) bond motifs is 1. The second-order valence-corrected chi connectivity index (χ2v) is 6.54. The van der Waals surface area contributed by atoms with Gasteiger partial charge < -0.3 is 25.2 Å². The van der Waals surface area contributed by atoms with Gasteiger partial charge in [-0.25, -0.2) is 0 Å². The van der Waals surface area contributed by atoms with E-state index in [4.69, 9.17) is 4.74 Å². The van der Waals surface area contributed by atoms with Crippen molar-refractivity contribution in [3.05, 3.63) is 52.6 Å². The third-order valence-corrected chi connectivity index (χ3v) is 4.36. The molecule has 0 saturated carbocycles. The Balaban J connectivity index is 2.12. The Kier molecular flexibility index (Phi) is 4.50. The molecule has 0 amide bonds. The molecule has 0 saturated heterocycles. The minimum atomic E-state index is -0.721. The fourth-order valence-electron chi connectivity index (χ4n) is 2.95. The summed E-state index contributed by atoms with van der Waals surface area (Å²) in [5.41, 5.74) is 1.80. The van der Waals surface area contributed by atoms with E-state index in [1.165, 1.54) is 12.1 Å². The number of phenolic OH excluding ortho intramolecular Hbond substituents is 4. The lowest BCUT2D eigenvalue weighted by atomic mass is 9.91. The highest BCUT2D eigenvalue weighted by Gasteiger charge is 2.35. The van der Waals surface area contributed by atoms with E-state index in [1.807, 2.05) is 19.9 Å². The molecule has 6 nitrogen and oxygen atoms in total. The molecule has 2 aromatic carbocycles. The average molecular weight is 356 g/mol. The fourth-order valence-corrected chi connectivity index (χ4v) is 2.95. The molecule has 1 heterocycles. The number of phenols is 4. The van der Waals surface area contributed by atoms with Crippen LogP contribution in [0.3, 0.4) is 0 Å². The van der Waals surface area contributed by atoms with Crippen LogP contribution >= 0.6 is 0 Å². The van der Waals surface area contributed by atoms with Crippen LogP contribution in [0.5, 0.6) is 28.7 Å². The smallest absolute Gasteiger partial charge is 0.201 e. The van der Waals surface area contributed by atoms with Crippen LogP contribution in [0.2, 0.25) is 0 Å². The molecule has 4 N–H and O–H groups in total. The zero-order valence-corrected chi connectivity index (χ0v) is 14.5. The summed E-state index contributed by atoms with van der Waals surface area (Å²) in [6, 6.07) is 6.28. The van der Waals surface area contributed by atoms with Gasteiger partial charge in [-0.05, 0) is 38.0 Å². The standard InChI is InChI=1S/C20H20O6/c1-10(2)3-8-13-17(23)19(25)18(24)16-14(22)9-15(26-20(13)16)11-4-6-12(21)7-5-11/h3-7,15,21,23-25H,8-9H2,1-2H3. The fraction of sp³-hybridized carbons (Fsp3) is 0.250. The summed E-state index contributed by atoms with van der Waals surface area (Å²) in [5, 5.41) is 39.8. The summed E-state index contributed by atoms with van der Waals surface area (Å²) in [4.78, 5) is 12.6. The maximum atomic E-state index is 12.6. The van der Waals surface area contributed by atoms with Crippen molar-refractivity contribution in [2.75, 3.05) is 0 Å². The van der Waals surface area contributed by atoms with E-state index in [0.717, 1.165) is 5.57 Å². The highest BCUT2D eigenvalue weighted by Crippen LogP contribution is 2.51. The van der Waals surface area contributed by atoms with Crippen molar-refractivity contribution in [1.29, 1.82) is 0 Å². The van der Waals surface area contributed by atoms with Gasteiger partial charge in [-0.2, -0.15) is 0 Å². The van der Waals surface area contributed by atoms with E-state index in [2.05, 4.69) is 0 Å². The van der Waals surface area contributed by atoms with Gasteiger partial charge in [0.15, 0.2) is 17.3 Å². The van der Waals surface area contributed by atoms with Crippen molar-refractivity contribution >= 4 is 5.78 Å². The molecule has 1 aliphatic heterocycles. The maximum Gasteiger partial charge on any atom is 0.201 e. The summed E-state index contributed by atoms with van der Waals surface area (Å²) in [7, 11) is 0. The molecule has 0 spiro atoms. The second kappa shape index (κ2) is 6.63. The van der Waals surface area contributed by atoms with E-state index >= 15 is 0 Å². The molecule has 1 unspecified atom stereocenters.